The molecule has 1 atom stereocenters. The van der Waals surface area contributed by atoms with E-state index in [1.165, 1.54) is 0 Å². The van der Waals surface area contributed by atoms with Crippen molar-refractivity contribution in [3.05, 3.63) is 23.8 Å². The third-order valence-corrected chi connectivity index (χ3v) is 3.38. The molecule has 1 unspecified atom stereocenters. The fourth-order valence-electron chi connectivity index (χ4n) is 2.41. The molecule has 2 rings (SSSR count). The molecule has 1 fully saturated rings. The summed E-state index contributed by atoms with van der Waals surface area (Å²) in [6, 6.07) is 5.64. The number of nitrogens with two attached hydrogens (primary N) is 1. The summed E-state index contributed by atoms with van der Waals surface area (Å²) in [6.45, 7) is 6.83. The number of anilines is 2. The van der Waals surface area contributed by atoms with Crippen LogP contribution < -0.4 is 11.1 Å². The Hall–Kier alpha value is -1.59. The van der Waals surface area contributed by atoms with Crippen molar-refractivity contribution in [3.63, 3.8) is 0 Å². The average molecular weight is 277 g/mol. The molecular weight excluding hydrogens is 254 g/mol. The monoisotopic (exact) mass is 277 g/mol. The quantitative estimate of drug-likeness (QED) is 0.824. The Bertz CT molecular complexity index is 476. The number of rotatable bonds is 3. The van der Waals surface area contributed by atoms with Crippen LogP contribution in [0.5, 0.6) is 0 Å². The summed E-state index contributed by atoms with van der Waals surface area (Å²) >= 11 is 0. The van der Waals surface area contributed by atoms with E-state index in [9.17, 15) is 4.79 Å². The SMILES string of the molecule is Cc1ccc(NC(=O)CN2CCCOC(C)C2)c(N)c1. The smallest absolute Gasteiger partial charge is 0.238 e. The first kappa shape index (κ1) is 14.8. The number of nitrogen functional groups attached to an aromatic ring is 1. The maximum Gasteiger partial charge on any atom is 0.238 e. The lowest BCUT2D eigenvalue weighted by Gasteiger charge is -2.21. The molecule has 1 aliphatic heterocycles. The Morgan fingerprint density at radius 3 is 3.10 bits per heavy atom. The lowest BCUT2D eigenvalue weighted by atomic mass is 10.2. The van der Waals surface area contributed by atoms with E-state index in [-0.39, 0.29) is 12.0 Å². The van der Waals surface area contributed by atoms with Crippen molar-refractivity contribution < 1.29 is 9.53 Å². The zero-order valence-corrected chi connectivity index (χ0v) is 12.2. The summed E-state index contributed by atoms with van der Waals surface area (Å²) in [4.78, 5) is 14.2. The number of ether oxygens (including phenoxy) is 1. The van der Waals surface area contributed by atoms with E-state index in [4.69, 9.17) is 10.5 Å². The predicted octanol–water partition coefficient (Wildman–Crippen LogP) is 1.63. The molecule has 0 aromatic heterocycles. The molecule has 1 saturated heterocycles. The van der Waals surface area contributed by atoms with Crippen molar-refractivity contribution in [3.8, 4) is 0 Å². The first-order valence-electron chi connectivity index (χ1n) is 7.04. The molecule has 0 bridgehead atoms. The Morgan fingerprint density at radius 2 is 2.35 bits per heavy atom. The van der Waals surface area contributed by atoms with Gasteiger partial charge in [-0.25, -0.2) is 0 Å². The largest absolute Gasteiger partial charge is 0.397 e. The second-order valence-electron chi connectivity index (χ2n) is 5.41. The van der Waals surface area contributed by atoms with Crippen LogP contribution in [0.4, 0.5) is 11.4 Å². The molecule has 0 aliphatic carbocycles. The third kappa shape index (κ3) is 4.21. The average Bonchev–Trinajstić information content (AvgIpc) is 2.57. The molecule has 1 amide bonds. The van der Waals surface area contributed by atoms with E-state index in [1.54, 1.807) is 0 Å². The second kappa shape index (κ2) is 6.72. The highest BCUT2D eigenvalue weighted by Gasteiger charge is 2.17. The molecule has 1 heterocycles. The van der Waals surface area contributed by atoms with Gasteiger partial charge >= 0.3 is 0 Å². The van der Waals surface area contributed by atoms with Crippen molar-refractivity contribution in [2.75, 3.05) is 37.3 Å². The zero-order chi connectivity index (χ0) is 14.5. The maximum atomic E-state index is 12.1. The second-order valence-corrected chi connectivity index (χ2v) is 5.41. The van der Waals surface area contributed by atoms with Gasteiger partial charge in [-0.05, 0) is 38.0 Å². The topological polar surface area (TPSA) is 67.6 Å². The Balaban J connectivity index is 1.91. The summed E-state index contributed by atoms with van der Waals surface area (Å²) < 4.78 is 5.57. The van der Waals surface area contributed by atoms with Crippen LogP contribution in [-0.2, 0) is 9.53 Å². The van der Waals surface area contributed by atoms with Crippen LogP contribution in [-0.4, -0.2) is 43.2 Å². The van der Waals surface area contributed by atoms with E-state index in [0.717, 1.165) is 31.7 Å². The number of nitrogens with zero attached hydrogens (tertiary/aromatic N) is 1. The van der Waals surface area contributed by atoms with Crippen LogP contribution in [0.3, 0.4) is 0 Å². The standard InChI is InChI=1S/C15H23N3O2/c1-11-4-5-14(13(16)8-11)17-15(19)10-18-6-3-7-20-12(2)9-18/h4-5,8,12H,3,6-7,9-10,16H2,1-2H3,(H,17,19). The van der Waals surface area contributed by atoms with Gasteiger partial charge in [0.25, 0.3) is 0 Å². The van der Waals surface area contributed by atoms with Gasteiger partial charge in [0.05, 0.1) is 24.0 Å². The fourth-order valence-corrected chi connectivity index (χ4v) is 2.41. The minimum atomic E-state index is -0.0327. The lowest BCUT2D eigenvalue weighted by molar-refractivity contribution is -0.117. The van der Waals surface area contributed by atoms with Crippen LogP contribution in [0.2, 0.25) is 0 Å². The van der Waals surface area contributed by atoms with E-state index in [0.29, 0.717) is 17.9 Å². The molecule has 1 aromatic rings. The number of benzene rings is 1. The third-order valence-electron chi connectivity index (χ3n) is 3.38. The van der Waals surface area contributed by atoms with Gasteiger partial charge in [-0.2, -0.15) is 0 Å². The van der Waals surface area contributed by atoms with Crippen LogP contribution >= 0.6 is 0 Å². The van der Waals surface area contributed by atoms with Crippen molar-refractivity contribution in [2.24, 2.45) is 0 Å². The lowest BCUT2D eigenvalue weighted by Crippen LogP contribution is -2.37. The van der Waals surface area contributed by atoms with Gasteiger partial charge in [-0.15, -0.1) is 0 Å². The molecule has 5 heteroatoms. The van der Waals surface area contributed by atoms with E-state index in [2.05, 4.69) is 10.2 Å². The number of carbonyl (C=O) groups excluding carboxylic acids is 1. The molecule has 20 heavy (non-hydrogen) atoms. The normalized spacial score (nSPS) is 20.4. The van der Waals surface area contributed by atoms with Gasteiger partial charge in [0.15, 0.2) is 0 Å². The van der Waals surface area contributed by atoms with Gasteiger partial charge in [0, 0.05) is 19.7 Å². The highest BCUT2D eigenvalue weighted by molar-refractivity contribution is 5.95. The molecule has 0 saturated carbocycles. The molecule has 0 spiro atoms. The number of carbonyl (C=O) groups is 1. The van der Waals surface area contributed by atoms with E-state index in [1.807, 2.05) is 32.0 Å². The summed E-state index contributed by atoms with van der Waals surface area (Å²) in [5, 5.41) is 2.87. The first-order valence-corrected chi connectivity index (χ1v) is 7.04. The van der Waals surface area contributed by atoms with Gasteiger partial charge in [0.2, 0.25) is 5.91 Å². The van der Waals surface area contributed by atoms with Crippen molar-refractivity contribution in [1.82, 2.24) is 4.90 Å². The van der Waals surface area contributed by atoms with Gasteiger partial charge < -0.3 is 15.8 Å². The van der Waals surface area contributed by atoms with Crippen molar-refractivity contribution in [1.29, 1.82) is 0 Å². The molecular formula is C15H23N3O2. The van der Waals surface area contributed by atoms with Crippen molar-refractivity contribution in [2.45, 2.75) is 26.4 Å². The summed E-state index contributed by atoms with van der Waals surface area (Å²) in [6.07, 6.45) is 1.14. The van der Waals surface area contributed by atoms with Crippen LogP contribution in [0.1, 0.15) is 18.9 Å². The molecule has 1 aromatic carbocycles. The van der Waals surface area contributed by atoms with Crippen molar-refractivity contribution >= 4 is 17.3 Å². The van der Waals surface area contributed by atoms with E-state index >= 15 is 0 Å². The van der Waals surface area contributed by atoms with Crippen LogP contribution in [0.25, 0.3) is 0 Å². The van der Waals surface area contributed by atoms with Gasteiger partial charge in [-0.1, -0.05) is 6.07 Å². The molecule has 0 radical (unpaired) electrons. The molecule has 3 N–H and O–H groups in total. The Kier molecular flexibility index (Phi) is 4.98. The minimum absolute atomic E-state index is 0.0327. The van der Waals surface area contributed by atoms with Crippen LogP contribution in [0, 0.1) is 6.92 Å². The molecule has 110 valence electrons. The zero-order valence-electron chi connectivity index (χ0n) is 12.2. The van der Waals surface area contributed by atoms with Gasteiger partial charge in [-0.3, -0.25) is 9.69 Å². The number of nitrogens with one attached hydrogen (secondary N) is 1. The Morgan fingerprint density at radius 1 is 1.55 bits per heavy atom. The number of hydrogen-bond donors (Lipinski definition) is 2. The number of amides is 1. The first-order chi connectivity index (χ1) is 9.54. The summed E-state index contributed by atoms with van der Waals surface area (Å²) in [7, 11) is 0. The summed E-state index contributed by atoms with van der Waals surface area (Å²) in [5.41, 5.74) is 8.27. The summed E-state index contributed by atoms with van der Waals surface area (Å²) in [5.74, 6) is -0.0327. The van der Waals surface area contributed by atoms with Gasteiger partial charge in [0.1, 0.15) is 0 Å². The molecule has 5 nitrogen and oxygen atoms in total. The van der Waals surface area contributed by atoms with E-state index < -0.39 is 0 Å². The highest BCUT2D eigenvalue weighted by Crippen LogP contribution is 2.19. The molecule has 1 aliphatic rings. The number of aryl methyl sites for hydroxylation is 1. The minimum Gasteiger partial charge on any atom is -0.397 e. The fraction of sp³-hybridized carbons (Fsp3) is 0.533. The maximum absolute atomic E-state index is 12.1. The Labute approximate surface area is 120 Å². The van der Waals surface area contributed by atoms with Crippen LogP contribution in [0.15, 0.2) is 18.2 Å². The highest BCUT2D eigenvalue weighted by atomic mass is 16.5. The number of hydrogen-bond acceptors (Lipinski definition) is 4. The predicted molar refractivity (Wildman–Crippen MR) is 80.7 cm³/mol.